The summed E-state index contributed by atoms with van der Waals surface area (Å²) in [5.74, 6) is -13.5. The molecule has 0 aliphatic rings. The van der Waals surface area contributed by atoms with Crippen LogP contribution in [0.5, 0.6) is 0 Å². The maximum Gasteiger partial charge on any atom is 3.00 e. The van der Waals surface area contributed by atoms with Gasteiger partial charge in [0.2, 0.25) is 0 Å². The number of hydrogen-bond donors (Lipinski definition) is 0. The SMILES string of the molecule is Cc1ccccc1.Cc1ccccc1.O=C([O-])c1ccccc1F.O=C([O-])c1ccccc1F.O=C([O-])c1ccccc1F.O=C([O-])c1ccccc1F.O=C([O-])c1ccccc1F.O=C([O-])c1ccccc1F.[Eu+3].[Eu+3].c1ccc(-c2ccnc3c2ccc2c(-c4ccccc4)ccnc23)cc1.c1ccc(-c2ccnc3c2ccc2c(-c4ccccc4)ccnc23)cc1. The fourth-order valence-electron chi connectivity index (χ4n) is 12.0. The standard InChI is InChI=1S/2C24H16N2.6C7H5FO2.2C7H8.2Eu/c2*1-3-7-17(8-4-1)19-13-15-25-23-21(19)11-12-22-20(14-16-26-24(22)23)18-9-5-2-6-10-18;6*8-6-4-2-1-3-5(6)7(9)10;2*1-7-5-3-2-4-6-7;;/h2*1-16H;6*1-4H,(H,9,10);2*2-6H,1H3;;/q;;;;;;;;;;2*+3/p-6. The van der Waals surface area contributed by atoms with Gasteiger partial charge in [-0.3, -0.25) is 19.9 Å². The number of pyridine rings is 4. The second kappa shape index (κ2) is 52.9. The van der Waals surface area contributed by atoms with E-state index in [1.165, 1.54) is 128 Å². The molecular weight excluding hydrogens is 1920 g/mol. The Kier molecular flexibility index (Phi) is 41.9. The first-order valence-electron chi connectivity index (χ1n) is 38.2. The fourth-order valence-corrected chi connectivity index (χ4v) is 12.0. The minimum atomic E-state index is -1.49. The summed E-state index contributed by atoms with van der Waals surface area (Å²) >= 11 is 0. The van der Waals surface area contributed by atoms with Gasteiger partial charge in [0.25, 0.3) is 0 Å². The van der Waals surface area contributed by atoms with Crippen LogP contribution in [-0.4, -0.2) is 55.8 Å². The molecule has 4 heterocycles. The van der Waals surface area contributed by atoms with Crippen LogP contribution in [-0.2, 0) is 0 Å². The summed E-state index contributed by atoms with van der Waals surface area (Å²) in [4.78, 5) is 79.1. The molecule has 18 rings (SSSR count). The Balaban J connectivity index is 0.000000203. The maximum atomic E-state index is 12.4. The summed E-state index contributed by atoms with van der Waals surface area (Å²) in [6, 6.07) is 110. The summed E-state index contributed by atoms with van der Waals surface area (Å²) in [6.45, 7) is 4.17. The molecule has 128 heavy (non-hydrogen) atoms. The molecule has 0 amide bonds. The van der Waals surface area contributed by atoms with Crippen molar-refractivity contribution in [2.24, 2.45) is 0 Å². The Morgan fingerprint density at radius 1 is 0.195 bits per heavy atom. The molecular formula is C104H72Eu2F6N4O12. The van der Waals surface area contributed by atoms with E-state index in [0.717, 1.165) is 116 Å². The number of hydrogen-bond acceptors (Lipinski definition) is 16. The van der Waals surface area contributed by atoms with Crippen LogP contribution < -0.4 is 30.6 Å². The van der Waals surface area contributed by atoms with E-state index in [9.17, 15) is 85.7 Å². The average molecular weight is 1990 g/mol. The van der Waals surface area contributed by atoms with Crippen molar-refractivity contribution < 1.29 is 185 Å². The zero-order chi connectivity index (χ0) is 90.3. The van der Waals surface area contributed by atoms with Crippen LogP contribution in [0.25, 0.3) is 88.1 Å². The number of aromatic carboxylic acids is 6. The second-order valence-electron chi connectivity index (χ2n) is 26.5. The smallest absolute Gasteiger partial charge is 0.545 e. The molecule has 24 heteroatoms. The second-order valence-corrected chi connectivity index (χ2v) is 26.5. The number of benzene rings is 14. The van der Waals surface area contributed by atoms with Gasteiger partial charge >= 0.3 is 98.8 Å². The number of nitrogens with zero attached hydrogens (tertiary/aromatic N) is 4. The van der Waals surface area contributed by atoms with Crippen molar-refractivity contribution in [2.45, 2.75) is 13.8 Å². The molecule has 0 saturated carbocycles. The Labute approximate surface area is 814 Å². The minimum Gasteiger partial charge on any atom is -0.545 e. The van der Waals surface area contributed by atoms with E-state index in [1.54, 1.807) is 0 Å². The van der Waals surface area contributed by atoms with Crippen molar-refractivity contribution in [1.29, 1.82) is 0 Å². The van der Waals surface area contributed by atoms with Crippen molar-refractivity contribution >= 4 is 79.4 Å². The van der Waals surface area contributed by atoms with E-state index < -0.39 is 104 Å². The number of rotatable bonds is 10. The summed E-state index contributed by atoms with van der Waals surface area (Å²) in [5.41, 5.74) is 13.5. The molecule has 0 aliphatic heterocycles. The van der Waals surface area contributed by atoms with Gasteiger partial charge in [0.1, 0.15) is 34.9 Å². The van der Waals surface area contributed by atoms with Gasteiger partial charge in [0.15, 0.2) is 0 Å². The van der Waals surface area contributed by atoms with Gasteiger partial charge in [-0.1, -0.05) is 327 Å². The average Bonchev–Trinajstić information content (AvgIpc) is 0.761. The number of carboxylic acid groups (broad SMARTS) is 6. The topological polar surface area (TPSA) is 292 Å². The van der Waals surface area contributed by atoms with Crippen molar-refractivity contribution in [1.82, 2.24) is 19.9 Å². The zero-order valence-corrected chi connectivity index (χ0v) is 72.7. The Morgan fingerprint density at radius 3 is 0.461 bits per heavy atom. The molecule has 14 aromatic carbocycles. The predicted octanol–water partition coefficient (Wildman–Crippen LogP) is 17.4. The van der Waals surface area contributed by atoms with E-state index in [-0.39, 0.29) is 98.8 Å². The van der Waals surface area contributed by atoms with Crippen molar-refractivity contribution in [2.75, 3.05) is 0 Å². The van der Waals surface area contributed by atoms with Crippen LogP contribution in [0.15, 0.2) is 401 Å². The summed E-state index contributed by atoms with van der Waals surface area (Å²) < 4.78 is 74.5. The summed E-state index contributed by atoms with van der Waals surface area (Å²) in [7, 11) is 0. The molecule has 0 radical (unpaired) electrons. The molecule has 4 aromatic heterocycles. The van der Waals surface area contributed by atoms with Gasteiger partial charge in [-0.2, -0.15) is 0 Å². The number of fused-ring (bicyclic) bond motifs is 6. The third kappa shape index (κ3) is 30.3. The molecule has 0 fully saturated rings. The third-order valence-electron chi connectivity index (χ3n) is 18.0. The zero-order valence-electron chi connectivity index (χ0n) is 67.8. The van der Waals surface area contributed by atoms with Crippen LogP contribution in [0.3, 0.4) is 0 Å². The van der Waals surface area contributed by atoms with Gasteiger partial charge in [-0.15, -0.1) is 0 Å². The molecule has 0 aliphatic carbocycles. The molecule has 0 bridgehead atoms. The van der Waals surface area contributed by atoms with Gasteiger partial charge in [-0.05, 0) is 119 Å². The quantitative estimate of drug-likeness (QED) is 0.0908. The van der Waals surface area contributed by atoms with Crippen molar-refractivity contribution in [3.8, 4) is 44.5 Å². The largest absolute Gasteiger partial charge is 3.00 e. The number of halogens is 6. The molecule has 636 valence electrons. The first kappa shape index (κ1) is 101. The number of carbonyl (C=O) groups is 6. The first-order chi connectivity index (χ1) is 60.9. The fraction of sp³-hybridized carbons (Fsp3) is 0.0192. The maximum absolute atomic E-state index is 12.4. The van der Waals surface area contributed by atoms with Gasteiger partial charge in [0.05, 0.1) is 57.9 Å². The molecule has 0 spiro atoms. The molecule has 0 unspecified atom stereocenters. The van der Waals surface area contributed by atoms with Crippen LogP contribution in [0.4, 0.5) is 26.3 Å². The van der Waals surface area contributed by atoms with E-state index in [0.29, 0.717) is 0 Å². The number of aromatic nitrogens is 4. The molecule has 0 saturated heterocycles. The van der Waals surface area contributed by atoms with E-state index >= 15 is 0 Å². The Hall–Kier alpha value is -13.7. The normalized spacial score (nSPS) is 9.81. The van der Waals surface area contributed by atoms with Gasteiger partial charge in [0, 0.05) is 79.7 Å². The Morgan fingerprint density at radius 2 is 0.336 bits per heavy atom. The molecule has 0 atom stereocenters. The number of aryl methyl sites for hydroxylation is 2. The monoisotopic (exact) mass is 1990 g/mol. The van der Waals surface area contributed by atoms with Crippen LogP contribution in [0.1, 0.15) is 73.3 Å². The first-order valence-corrected chi connectivity index (χ1v) is 38.2. The van der Waals surface area contributed by atoms with Crippen LogP contribution >= 0.6 is 0 Å². The molecule has 18 aromatic rings. The summed E-state index contributed by atoms with van der Waals surface area (Å²) in [6.07, 6.45) is 7.50. The van der Waals surface area contributed by atoms with E-state index in [2.05, 4.69) is 204 Å². The Bertz CT molecular complexity index is 5830. The van der Waals surface area contributed by atoms with Gasteiger partial charge < -0.3 is 59.4 Å². The van der Waals surface area contributed by atoms with Gasteiger partial charge in [-0.25, -0.2) is 26.3 Å². The van der Waals surface area contributed by atoms with Crippen molar-refractivity contribution in [3.05, 3.63) is 480 Å². The predicted molar refractivity (Wildman–Crippen MR) is 463 cm³/mol. The van der Waals surface area contributed by atoms with Crippen molar-refractivity contribution in [3.63, 3.8) is 0 Å². The summed E-state index contributed by atoms with van der Waals surface area (Å²) in [5, 5.41) is 64.9. The van der Waals surface area contributed by atoms with Crippen LogP contribution in [0.2, 0.25) is 0 Å². The van der Waals surface area contributed by atoms with Crippen LogP contribution in [0, 0.1) is 148 Å². The number of carbonyl (C=O) groups excluding carboxylic acids is 6. The van der Waals surface area contributed by atoms with E-state index in [1.807, 2.05) is 85.5 Å². The van der Waals surface area contributed by atoms with E-state index in [4.69, 9.17) is 0 Å². The molecule has 16 nitrogen and oxygen atoms in total. The minimum absolute atomic E-state index is 0. The molecule has 0 N–H and O–H groups in total. The number of carboxylic acids is 6. The third-order valence-corrected chi connectivity index (χ3v) is 18.0.